The van der Waals surface area contributed by atoms with Crippen LogP contribution in [-0.2, 0) is 9.59 Å². The van der Waals surface area contributed by atoms with E-state index in [1.165, 1.54) is 57.4 Å². The van der Waals surface area contributed by atoms with Crippen LogP contribution in [0.4, 0.5) is 0 Å². The van der Waals surface area contributed by atoms with Crippen LogP contribution in [0.25, 0.3) is 0 Å². The molecule has 0 spiro atoms. The highest BCUT2D eigenvalue weighted by Crippen LogP contribution is 2.10. The molecule has 0 saturated carbocycles. The van der Waals surface area contributed by atoms with Crippen LogP contribution in [0.1, 0.15) is 71.1 Å². The molecule has 0 rings (SSSR count). The monoisotopic (exact) mass is 366 g/mol. The maximum Gasteiger partial charge on any atom is 0.339 e. The second-order valence-electron chi connectivity index (χ2n) is 6.38. The van der Waals surface area contributed by atoms with Crippen LogP contribution in [-0.4, -0.2) is 39.8 Å². The number of ketones is 1. The zero-order chi connectivity index (χ0) is 19.6. The molecular weight excluding hydrogens is 332 g/mol. The first-order chi connectivity index (χ1) is 12.5. The Morgan fingerprint density at radius 3 is 2.00 bits per heavy atom. The molecule has 0 saturated heterocycles. The van der Waals surface area contributed by atoms with Gasteiger partial charge in [0.2, 0.25) is 5.78 Å². The molecule has 26 heavy (non-hydrogen) atoms. The molecule has 0 amide bonds. The lowest BCUT2D eigenvalue weighted by atomic mass is 10.1. The Bertz CT molecular complexity index is 477. The number of carboxylic acid groups (broad SMARTS) is 1. The van der Waals surface area contributed by atoms with E-state index in [0.717, 1.165) is 18.9 Å². The molecule has 0 radical (unpaired) electrons. The maximum absolute atomic E-state index is 11.6. The number of allylic oxidation sites excluding steroid dienone is 5. The fourth-order valence-corrected chi connectivity index (χ4v) is 2.48. The second-order valence-corrected chi connectivity index (χ2v) is 6.38. The summed E-state index contributed by atoms with van der Waals surface area (Å²) < 4.78 is 0. The van der Waals surface area contributed by atoms with Crippen molar-refractivity contribution in [3.63, 3.8) is 0 Å². The quantitative estimate of drug-likeness (QED) is 0.126. The number of aliphatic hydroxyl groups is 2. The van der Waals surface area contributed by atoms with Gasteiger partial charge in [0.05, 0.1) is 6.61 Å². The van der Waals surface area contributed by atoms with Crippen LogP contribution in [0.15, 0.2) is 36.0 Å². The van der Waals surface area contributed by atoms with E-state index in [1.54, 1.807) is 6.08 Å². The molecule has 0 aliphatic heterocycles. The van der Waals surface area contributed by atoms with Crippen LogP contribution in [0.2, 0.25) is 0 Å². The third-order valence-electron chi connectivity index (χ3n) is 4.07. The number of hydrogen-bond donors (Lipinski definition) is 3. The first kappa shape index (κ1) is 24.3. The lowest BCUT2D eigenvalue weighted by Gasteiger charge is -2.05. The molecule has 0 aromatic rings. The van der Waals surface area contributed by atoms with Crippen molar-refractivity contribution in [1.29, 1.82) is 0 Å². The number of carboxylic acids is 1. The van der Waals surface area contributed by atoms with E-state index in [2.05, 4.69) is 6.92 Å². The first-order valence-corrected chi connectivity index (χ1v) is 9.64. The van der Waals surface area contributed by atoms with Gasteiger partial charge in [0.1, 0.15) is 11.7 Å². The van der Waals surface area contributed by atoms with E-state index in [0.29, 0.717) is 0 Å². The van der Waals surface area contributed by atoms with Crippen molar-refractivity contribution in [3.8, 4) is 0 Å². The molecule has 0 bridgehead atoms. The minimum Gasteiger partial charge on any atom is -0.478 e. The normalized spacial score (nSPS) is 13.6. The molecule has 5 nitrogen and oxygen atoms in total. The summed E-state index contributed by atoms with van der Waals surface area (Å²) in [6.45, 7) is 1.43. The SMILES string of the molecule is CCCCCCCCCCC/C=C/C=C/C=C(/C(=O)O)C(=O)C(O)CO. The fraction of sp³-hybridized carbons (Fsp3) is 0.619. The molecule has 0 aromatic carbocycles. The predicted molar refractivity (Wildman–Crippen MR) is 104 cm³/mol. The van der Waals surface area contributed by atoms with Gasteiger partial charge in [-0.2, -0.15) is 0 Å². The molecule has 3 N–H and O–H groups in total. The highest BCUT2D eigenvalue weighted by atomic mass is 16.4. The second kappa shape index (κ2) is 16.7. The Hall–Kier alpha value is -1.72. The number of carbonyl (C=O) groups excluding carboxylic acids is 1. The van der Waals surface area contributed by atoms with Crippen molar-refractivity contribution < 1.29 is 24.9 Å². The lowest BCUT2D eigenvalue weighted by molar-refractivity contribution is -0.136. The maximum atomic E-state index is 11.6. The summed E-state index contributed by atoms with van der Waals surface area (Å²) in [6.07, 6.45) is 18.9. The summed E-state index contributed by atoms with van der Waals surface area (Å²) in [5.41, 5.74) is -0.546. The largest absolute Gasteiger partial charge is 0.478 e. The van der Waals surface area contributed by atoms with Crippen molar-refractivity contribution in [2.45, 2.75) is 77.2 Å². The summed E-state index contributed by atoms with van der Waals surface area (Å²) in [5.74, 6) is -2.42. The standard InChI is InChI=1S/C21H34O5/c1-2-3-4-5-6-7-8-9-10-11-12-13-14-15-16-18(21(25)26)20(24)19(23)17-22/h12-16,19,22-23H,2-11,17H2,1H3,(H,25,26)/b13-12+,15-14+,18-16+. The molecule has 0 aliphatic rings. The Kier molecular flexibility index (Phi) is 15.6. The van der Waals surface area contributed by atoms with Crippen LogP contribution >= 0.6 is 0 Å². The van der Waals surface area contributed by atoms with Gasteiger partial charge in [-0.1, -0.05) is 82.6 Å². The van der Waals surface area contributed by atoms with Crippen molar-refractivity contribution in [1.82, 2.24) is 0 Å². The number of carbonyl (C=O) groups is 2. The average molecular weight is 366 g/mol. The third-order valence-corrected chi connectivity index (χ3v) is 4.07. The summed E-state index contributed by atoms with van der Waals surface area (Å²) in [4.78, 5) is 22.6. The summed E-state index contributed by atoms with van der Waals surface area (Å²) >= 11 is 0. The average Bonchev–Trinajstić information content (AvgIpc) is 2.63. The van der Waals surface area contributed by atoms with Gasteiger partial charge < -0.3 is 15.3 Å². The molecule has 1 unspecified atom stereocenters. The molecule has 0 aliphatic carbocycles. The van der Waals surface area contributed by atoms with Crippen LogP contribution < -0.4 is 0 Å². The van der Waals surface area contributed by atoms with Gasteiger partial charge in [0.25, 0.3) is 0 Å². The number of rotatable bonds is 16. The molecule has 0 aromatic heterocycles. The van der Waals surface area contributed by atoms with E-state index in [9.17, 15) is 14.7 Å². The van der Waals surface area contributed by atoms with Gasteiger partial charge in [-0.3, -0.25) is 4.79 Å². The van der Waals surface area contributed by atoms with E-state index in [1.807, 2.05) is 12.2 Å². The smallest absolute Gasteiger partial charge is 0.339 e. The van der Waals surface area contributed by atoms with Crippen LogP contribution in [0, 0.1) is 0 Å². The number of aliphatic carboxylic acids is 1. The number of Topliss-reactive ketones (excluding diaryl/α,β-unsaturated/α-hetero) is 1. The van der Waals surface area contributed by atoms with Crippen molar-refractivity contribution in [2.24, 2.45) is 0 Å². The third kappa shape index (κ3) is 12.6. The Morgan fingerprint density at radius 1 is 0.885 bits per heavy atom. The van der Waals surface area contributed by atoms with Crippen molar-refractivity contribution in [3.05, 3.63) is 36.0 Å². The van der Waals surface area contributed by atoms with Gasteiger partial charge in [-0.15, -0.1) is 0 Å². The van der Waals surface area contributed by atoms with Gasteiger partial charge in [-0.05, 0) is 18.9 Å². The van der Waals surface area contributed by atoms with Gasteiger partial charge in [0.15, 0.2) is 0 Å². The van der Waals surface area contributed by atoms with Crippen LogP contribution in [0.5, 0.6) is 0 Å². The molecule has 0 fully saturated rings. The van der Waals surface area contributed by atoms with E-state index < -0.39 is 30.0 Å². The van der Waals surface area contributed by atoms with Gasteiger partial charge in [-0.25, -0.2) is 4.79 Å². The number of hydrogen-bond acceptors (Lipinski definition) is 4. The highest BCUT2D eigenvalue weighted by molar-refractivity contribution is 6.18. The van der Waals surface area contributed by atoms with E-state index >= 15 is 0 Å². The topological polar surface area (TPSA) is 94.8 Å². The zero-order valence-electron chi connectivity index (χ0n) is 15.9. The van der Waals surface area contributed by atoms with Crippen molar-refractivity contribution >= 4 is 11.8 Å². The van der Waals surface area contributed by atoms with E-state index in [4.69, 9.17) is 10.2 Å². The van der Waals surface area contributed by atoms with Gasteiger partial charge in [0, 0.05) is 0 Å². The molecule has 0 heterocycles. The van der Waals surface area contributed by atoms with Crippen LogP contribution in [0.3, 0.4) is 0 Å². The predicted octanol–water partition coefficient (Wildman–Crippen LogP) is 3.95. The molecule has 148 valence electrons. The summed E-state index contributed by atoms with van der Waals surface area (Å²) in [7, 11) is 0. The Labute approximate surface area is 157 Å². The lowest BCUT2D eigenvalue weighted by Crippen LogP contribution is -2.28. The molecular formula is C21H34O5. The van der Waals surface area contributed by atoms with Crippen molar-refractivity contribution in [2.75, 3.05) is 6.61 Å². The minimum absolute atomic E-state index is 0.546. The minimum atomic E-state index is -1.70. The first-order valence-electron chi connectivity index (χ1n) is 9.64. The van der Waals surface area contributed by atoms with Gasteiger partial charge >= 0.3 is 5.97 Å². The zero-order valence-corrected chi connectivity index (χ0v) is 15.9. The number of aliphatic hydroxyl groups excluding tert-OH is 2. The molecule has 5 heteroatoms. The Balaban J connectivity index is 3.95. The molecule has 1 atom stereocenters. The summed E-state index contributed by atoms with van der Waals surface area (Å²) in [6, 6.07) is 0. The van der Waals surface area contributed by atoms with E-state index in [-0.39, 0.29) is 0 Å². The highest BCUT2D eigenvalue weighted by Gasteiger charge is 2.23. The summed E-state index contributed by atoms with van der Waals surface area (Å²) in [5, 5.41) is 26.9. The Morgan fingerprint density at radius 2 is 1.46 bits per heavy atom. The fourth-order valence-electron chi connectivity index (χ4n) is 2.48. The number of unbranched alkanes of at least 4 members (excludes halogenated alkanes) is 9.